The molecular formula is C23H28N4O4. The SMILES string of the molecule is COc1cccc(C(=O)N2CCN(c3ccc([N+](=O)[O-])c(N4CCCCC4)c3)CC2)c1. The largest absolute Gasteiger partial charge is 0.497 e. The Hall–Kier alpha value is -3.29. The van der Waals surface area contributed by atoms with E-state index in [1.807, 2.05) is 29.2 Å². The van der Waals surface area contributed by atoms with Crippen molar-refractivity contribution in [1.82, 2.24) is 4.90 Å². The number of hydrogen-bond donors (Lipinski definition) is 0. The maximum atomic E-state index is 12.9. The highest BCUT2D eigenvalue weighted by Gasteiger charge is 2.26. The molecule has 0 aliphatic carbocycles. The number of carbonyl (C=O) groups excluding carboxylic acids is 1. The Kier molecular flexibility index (Phi) is 6.25. The van der Waals surface area contributed by atoms with Crippen LogP contribution in [0.1, 0.15) is 29.6 Å². The average molecular weight is 425 g/mol. The minimum Gasteiger partial charge on any atom is -0.497 e. The summed E-state index contributed by atoms with van der Waals surface area (Å²) in [4.78, 5) is 30.3. The number of carbonyl (C=O) groups is 1. The third-order valence-electron chi connectivity index (χ3n) is 6.10. The molecule has 0 N–H and O–H groups in total. The van der Waals surface area contributed by atoms with Crippen molar-refractivity contribution >= 4 is 23.0 Å². The van der Waals surface area contributed by atoms with Gasteiger partial charge in [-0.2, -0.15) is 0 Å². The highest BCUT2D eigenvalue weighted by Crippen LogP contribution is 2.34. The highest BCUT2D eigenvalue weighted by atomic mass is 16.6. The van der Waals surface area contributed by atoms with E-state index in [1.165, 1.54) is 6.42 Å². The lowest BCUT2D eigenvalue weighted by Gasteiger charge is -2.37. The Morgan fingerprint density at radius 1 is 0.935 bits per heavy atom. The monoisotopic (exact) mass is 424 g/mol. The van der Waals surface area contributed by atoms with Gasteiger partial charge in [-0.25, -0.2) is 0 Å². The third kappa shape index (κ3) is 4.57. The predicted octanol–water partition coefficient (Wildman–Crippen LogP) is 3.56. The molecular weight excluding hydrogens is 396 g/mol. The molecule has 8 heteroatoms. The van der Waals surface area contributed by atoms with E-state index in [2.05, 4.69) is 9.80 Å². The molecule has 31 heavy (non-hydrogen) atoms. The summed E-state index contributed by atoms with van der Waals surface area (Å²) in [6.45, 7) is 4.29. The molecule has 0 radical (unpaired) electrons. The maximum Gasteiger partial charge on any atom is 0.292 e. The maximum absolute atomic E-state index is 12.9. The zero-order valence-electron chi connectivity index (χ0n) is 17.8. The van der Waals surface area contributed by atoms with Crippen molar-refractivity contribution in [3.63, 3.8) is 0 Å². The standard InChI is InChI=1S/C23H28N4O4/c1-31-20-7-5-6-18(16-20)23(28)26-14-12-24(13-15-26)19-8-9-21(27(29)30)22(17-19)25-10-3-2-4-11-25/h5-9,16-17H,2-4,10-15H2,1H3. The van der Waals surface area contributed by atoms with E-state index in [-0.39, 0.29) is 16.5 Å². The van der Waals surface area contributed by atoms with Gasteiger partial charge in [0.2, 0.25) is 0 Å². The van der Waals surface area contributed by atoms with Crippen LogP contribution >= 0.6 is 0 Å². The van der Waals surface area contributed by atoms with Gasteiger partial charge in [0.1, 0.15) is 11.4 Å². The van der Waals surface area contributed by atoms with Gasteiger partial charge in [-0.15, -0.1) is 0 Å². The van der Waals surface area contributed by atoms with Gasteiger partial charge in [0.15, 0.2) is 0 Å². The lowest BCUT2D eigenvalue weighted by atomic mass is 10.1. The van der Waals surface area contributed by atoms with E-state index >= 15 is 0 Å². The van der Waals surface area contributed by atoms with Crippen molar-refractivity contribution in [3.05, 3.63) is 58.1 Å². The summed E-state index contributed by atoms with van der Waals surface area (Å²) in [5, 5.41) is 11.6. The van der Waals surface area contributed by atoms with Crippen LogP contribution in [0, 0.1) is 10.1 Å². The van der Waals surface area contributed by atoms with Crippen LogP contribution in [0.15, 0.2) is 42.5 Å². The number of anilines is 2. The molecule has 164 valence electrons. The second-order valence-electron chi connectivity index (χ2n) is 7.99. The van der Waals surface area contributed by atoms with Gasteiger partial charge >= 0.3 is 0 Å². The number of nitro groups is 1. The molecule has 2 aliphatic heterocycles. The zero-order chi connectivity index (χ0) is 21.8. The van der Waals surface area contributed by atoms with Gasteiger partial charge < -0.3 is 19.4 Å². The molecule has 0 aromatic heterocycles. The van der Waals surface area contributed by atoms with Gasteiger partial charge in [-0.3, -0.25) is 14.9 Å². The first-order valence-corrected chi connectivity index (χ1v) is 10.8. The first-order valence-electron chi connectivity index (χ1n) is 10.8. The molecule has 2 aromatic rings. The number of hydrogen-bond acceptors (Lipinski definition) is 6. The molecule has 0 atom stereocenters. The number of nitrogens with zero attached hydrogens (tertiary/aromatic N) is 4. The summed E-state index contributed by atoms with van der Waals surface area (Å²) in [5.74, 6) is 0.664. The lowest BCUT2D eigenvalue weighted by molar-refractivity contribution is -0.384. The van der Waals surface area contributed by atoms with E-state index < -0.39 is 0 Å². The molecule has 2 heterocycles. The number of methoxy groups -OCH3 is 1. The van der Waals surface area contributed by atoms with Crippen LogP contribution in [0.5, 0.6) is 5.75 Å². The molecule has 0 unspecified atom stereocenters. The molecule has 8 nitrogen and oxygen atoms in total. The number of nitro benzene ring substituents is 1. The van der Waals surface area contributed by atoms with Gasteiger partial charge in [0.25, 0.3) is 11.6 Å². The van der Waals surface area contributed by atoms with Gasteiger partial charge in [0, 0.05) is 56.6 Å². The Labute approximate surface area is 182 Å². The second kappa shape index (κ2) is 9.24. The molecule has 1 amide bonds. The van der Waals surface area contributed by atoms with Crippen molar-refractivity contribution in [1.29, 1.82) is 0 Å². The Morgan fingerprint density at radius 2 is 1.68 bits per heavy atom. The van der Waals surface area contributed by atoms with Crippen LogP contribution in [-0.2, 0) is 0 Å². The average Bonchev–Trinajstić information content (AvgIpc) is 2.84. The summed E-state index contributed by atoms with van der Waals surface area (Å²) in [6, 6.07) is 12.6. The summed E-state index contributed by atoms with van der Waals surface area (Å²) in [5.41, 5.74) is 2.46. The van der Waals surface area contributed by atoms with E-state index in [0.29, 0.717) is 43.2 Å². The van der Waals surface area contributed by atoms with Crippen LogP contribution in [0.4, 0.5) is 17.1 Å². The molecule has 2 fully saturated rings. The molecule has 2 saturated heterocycles. The van der Waals surface area contributed by atoms with Crippen molar-refractivity contribution in [2.75, 3.05) is 56.2 Å². The summed E-state index contributed by atoms with van der Waals surface area (Å²) in [7, 11) is 1.59. The van der Waals surface area contributed by atoms with Crippen LogP contribution in [0.2, 0.25) is 0 Å². The first kappa shape index (κ1) is 21.0. The Balaban J connectivity index is 1.47. The highest BCUT2D eigenvalue weighted by molar-refractivity contribution is 5.94. The van der Waals surface area contributed by atoms with Gasteiger partial charge in [-0.1, -0.05) is 6.07 Å². The quantitative estimate of drug-likeness (QED) is 0.539. The van der Waals surface area contributed by atoms with E-state index in [4.69, 9.17) is 4.74 Å². The van der Waals surface area contributed by atoms with E-state index in [1.54, 1.807) is 25.3 Å². The molecule has 0 saturated carbocycles. The van der Waals surface area contributed by atoms with Crippen molar-refractivity contribution < 1.29 is 14.5 Å². The number of piperidine rings is 1. The van der Waals surface area contributed by atoms with Crippen molar-refractivity contribution in [3.8, 4) is 5.75 Å². The number of ether oxygens (including phenoxy) is 1. The van der Waals surface area contributed by atoms with Crippen molar-refractivity contribution in [2.45, 2.75) is 19.3 Å². The second-order valence-corrected chi connectivity index (χ2v) is 7.99. The fraction of sp³-hybridized carbons (Fsp3) is 0.435. The number of piperazine rings is 1. The fourth-order valence-corrected chi connectivity index (χ4v) is 4.36. The molecule has 2 aliphatic rings. The number of benzene rings is 2. The number of amides is 1. The minimum atomic E-state index is -0.293. The first-order chi connectivity index (χ1) is 15.1. The molecule has 0 spiro atoms. The van der Waals surface area contributed by atoms with Crippen LogP contribution in [-0.4, -0.2) is 62.1 Å². The Bertz CT molecular complexity index is 950. The molecule has 4 rings (SSSR count). The van der Waals surface area contributed by atoms with Crippen molar-refractivity contribution in [2.24, 2.45) is 0 Å². The van der Waals surface area contributed by atoms with Gasteiger partial charge in [-0.05, 0) is 49.6 Å². The minimum absolute atomic E-state index is 0.00347. The summed E-state index contributed by atoms with van der Waals surface area (Å²) >= 11 is 0. The third-order valence-corrected chi connectivity index (χ3v) is 6.10. The summed E-state index contributed by atoms with van der Waals surface area (Å²) < 4.78 is 5.22. The van der Waals surface area contributed by atoms with Crippen LogP contribution in [0.25, 0.3) is 0 Å². The Morgan fingerprint density at radius 3 is 2.35 bits per heavy atom. The van der Waals surface area contributed by atoms with Crippen LogP contribution < -0.4 is 14.5 Å². The van der Waals surface area contributed by atoms with E-state index in [0.717, 1.165) is 31.6 Å². The van der Waals surface area contributed by atoms with E-state index in [9.17, 15) is 14.9 Å². The molecule has 0 bridgehead atoms. The number of rotatable bonds is 5. The lowest BCUT2D eigenvalue weighted by Crippen LogP contribution is -2.48. The van der Waals surface area contributed by atoms with Crippen LogP contribution in [0.3, 0.4) is 0 Å². The zero-order valence-corrected chi connectivity index (χ0v) is 17.8. The summed E-state index contributed by atoms with van der Waals surface area (Å²) in [6.07, 6.45) is 3.30. The smallest absolute Gasteiger partial charge is 0.292 e. The fourth-order valence-electron chi connectivity index (χ4n) is 4.36. The molecule has 2 aromatic carbocycles. The predicted molar refractivity (Wildman–Crippen MR) is 120 cm³/mol. The topological polar surface area (TPSA) is 79.2 Å². The normalized spacial score (nSPS) is 16.9. The van der Waals surface area contributed by atoms with Gasteiger partial charge in [0.05, 0.1) is 12.0 Å².